The van der Waals surface area contributed by atoms with Crippen molar-refractivity contribution in [3.63, 3.8) is 0 Å². The topological polar surface area (TPSA) is 66.4 Å². The summed E-state index contributed by atoms with van der Waals surface area (Å²) < 4.78 is 0. The third-order valence-electron chi connectivity index (χ3n) is 2.20. The van der Waals surface area contributed by atoms with Crippen LogP contribution < -0.4 is 5.32 Å². The van der Waals surface area contributed by atoms with Crippen molar-refractivity contribution in [2.45, 2.75) is 17.7 Å². The monoisotopic (exact) mass is 253 g/mol. The quantitative estimate of drug-likeness (QED) is 0.755. The van der Waals surface area contributed by atoms with Gasteiger partial charge in [-0.2, -0.15) is 0 Å². The number of amides is 1. The molecule has 0 bridgehead atoms. The van der Waals surface area contributed by atoms with E-state index >= 15 is 0 Å². The predicted octanol–water partition coefficient (Wildman–Crippen LogP) is 1.54. The molecule has 1 rings (SSSR count). The number of hydrogen-bond acceptors (Lipinski definition) is 3. The van der Waals surface area contributed by atoms with Gasteiger partial charge >= 0.3 is 5.97 Å². The number of carboxylic acids is 1. The van der Waals surface area contributed by atoms with Crippen LogP contribution in [0.15, 0.2) is 29.2 Å². The van der Waals surface area contributed by atoms with Crippen LogP contribution in [0.2, 0.25) is 0 Å². The Morgan fingerprint density at radius 2 is 2.06 bits per heavy atom. The number of thioether (sulfide) groups is 1. The van der Waals surface area contributed by atoms with Gasteiger partial charge in [-0.25, -0.2) is 0 Å². The van der Waals surface area contributed by atoms with Gasteiger partial charge in [-0.15, -0.1) is 11.8 Å². The molecule has 1 aromatic carbocycles. The molecule has 4 nitrogen and oxygen atoms in total. The van der Waals surface area contributed by atoms with E-state index in [1.807, 2.05) is 30.5 Å². The number of aliphatic carboxylic acids is 1. The van der Waals surface area contributed by atoms with Crippen molar-refractivity contribution in [3.05, 3.63) is 29.8 Å². The lowest BCUT2D eigenvalue weighted by Crippen LogP contribution is -2.27. The number of carboxylic acid groups (broad SMARTS) is 1. The summed E-state index contributed by atoms with van der Waals surface area (Å²) in [6.07, 6.45) is 2.20. The van der Waals surface area contributed by atoms with E-state index in [0.717, 1.165) is 10.5 Å². The van der Waals surface area contributed by atoms with E-state index in [1.54, 1.807) is 11.8 Å². The highest BCUT2D eigenvalue weighted by Gasteiger charge is 2.07. The van der Waals surface area contributed by atoms with Crippen molar-refractivity contribution < 1.29 is 14.7 Å². The van der Waals surface area contributed by atoms with Gasteiger partial charge in [0.1, 0.15) is 0 Å². The second kappa shape index (κ2) is 6.96. The number of hydrogen-bond donors (Lipinski definition) is 2. The zero-order valence-electron chi connectivity index (χ0n) is 9.60. The normalized spacial score (nSPS) is 9.94. The summed E-state index contributed by atoms with van der Waals surface area (Å²) in [5.41, 5.74) is 0.966. The van der Waals surface area contributed by atoms with Crippen LogP contribution in [0.5, 0.6) is 0 Å². The van der Waals surface area contributed by atoms with Gasteiger partial charge < -0.3 is 10.4 Å². The first-order chi connectivity index (χ1) is 8.13. The minimum atomic E-state index is -0.908. The molecule has 1 amide bonds. The SMILES string of the molecule is CSc1ccccc1CC(=O)NCCC(=O)O. The molecule has 0 aromatic heterocycles. The molecule has 0 heterocycles. The molecule has 0 saturated heterocycles. The van der Waals surface area contributed by atoms with E-state index in [2.05, 4.69) is 5.32 Å². The molecule has 5 heteroatoms. The van der Waals surface area contributed by atoms with E-state index in [4.69, 9.17) is 5.11 Å². The fourth-order valence-corrected chi connectivity index (χ4v) is 2.01. The molecule has 92 valence electrons. The van der Waals surface area contributed by atoms with Gasteiger partial charge in [0.15, 0.2) is 0 Å². The maximum atomic E-state index is 11.5. The van der Waals surface area contributed by atoms with E-state index in [0.29, 0.717) is 0 Å². The van der Waals surface area contributed by atoms with Gasteiger partial charge in [-0.05, 0) is 17.9 Å². The summed E-state index contributed by atoms with van der Waals surface area (Å²) in [7, 11) is 0. The Morgan fingerprint density at radius 1 is 1.35 bits per heavy atom. The highest BCUT2D eigenvalue weighted by atomic mass is 32.2. The molecular formula is C12H15NO3S. The lowest BCUT2D eigenvalue weighted by Gasteiger charge is -2.07. The molecule has 0 saturated carbocycles. The van der Waals surface area contributed by atoms with E-state index in [1.165, 1.54) is 0 Å². The molecular weight excluding hydrogens is 238 g/mol. The van der Waals surface area contributed by atoms with Crippen LogP contribution in [0.1, 0.15) is 12.0 Å². The molecule has 0 radical (unpaired) electrons. The van der Waals surface area contributed by atoms with Crippen molar-refractivity contribution in [1.29, 1.82) is 0 Å². The zero-order chi connectivity index (χ0) is 12.7. The van der Waals surface area contributed by atoms with Crippen LogP contribution in [0.25, 0.3) is 0 Å². The zero-order valence-corrected chi connectivity index (χ0v) is 10.4. The summed E-state index contributed by atoms with van der Waals surface area (Å²) in [6.45, 7) is 0.176. The molecule has 0 fully saturated rings. The van der Waals surface area contributed by atoms with Crippen molar-refractivity contribution in [2.75, 3.05) is 12.8 Å². The summed E-state index contributed by atoms with van der Waals surface area (Å²) in [5.74, 6) is -1.05. The van der Waals surface area contributed by atoms with Crippen LogP contribution in [0, 0.1) is 0 Å². The van der Waals surface area contributed by atoms with Crippen LogP contribution in [0.4, 0.5) is 0 Å². The Morgan fingerprint density at radius 3 is 2.71 bits per heavy atom. The van der Waals surface area contributed by atoms with E-state index in [-0.39, 0.29) is 25.3 Å². The fraction of sp³-hybridized carbons (Fsp3) is 0.333. The standard InChI is InChI=1S/C12H15NO3S/c1-17-10-5-3-2-4-9(10)8-11(14)13-7-6-12(15)16/h2-5H,6-8H2,1H3,(H,13,14)(H,15,16). The second-order valence-corrected chi connectivity index (χ2v) is 4.33. The third-order valence-corrected chi connectivity index (χ3v) is 3.04. The van der Waals surface area contributed by atoms with Crippen LogP contribution >= 0.6 is 11.8 Å². The summed E-state index contributed by atoms with van der Waals surface area (Å²) in [5, 5.41) is 11.0. The van der Waals surface area contributed by atoms with Crippen molar-refractivity contribution in [2.24, 2.45) is 0 Å². The third kappa shape index (κ3) is 4.91. The Labute approximate surface area is 104 Å². The summed E-state index contributed by atoms with van der Waals surface area (Å²) >= 11 is 1.59. The van der Waals surface area contributed by atoms with Crippen LogP contribution in [0.3, 0.4) is 0 Å². The first-order valence-electron chi connectivity index (χ1n) is 5.24. The molecule has 0 aliphatic carbocycles. The molecule has 0 aliphatic heterocycles. The Hall–Kier alpha value is -1.49. The minimum Gasteiger partial charge on any atom is -0.481 e. The average molecular weight is 253 g/mol. The average Bonchev–Trinajstić information content (AvgIpc) is 2.29. The van der Waals surface area contributed by atoms with Crippen LogP contribution in [-0.2, 0) is 16.0 Å². The first kappa shape index (κ1) is 13.6. The number of carbonyl (C=O) groups excluding carboxylic acids is 1. The Balaban J connectivity index is 2.47. The lowest BCUT2D eigenvalue weighted by atomic mass is 10.1. The number of benzene rings is 1. The Bertz CT molecular complexity index is 406. The largest absolute Gasteiger partial charge is 0.481 e. The molecule has 0 atom stereocenters. The van der Waals surface area contributed by atoms with Crippen molar-refractivity contribution >= 4 is 23.6 Å². The predicted molar refractivity (Wildman–Crippen MR) is 67.2 cm³/mol. The maximum absolute atomic E-state index is 11.5. The fourth-order valence-electron chi connectivity index (χ4n) is 1.39. The van der Waals surface area contributed by atoms with E-state index < -0.39 is 5.97 Å². The highest BCUT2D eigenvalue weighted by molar-refractivity contribution is 7.98. The van der Waals surface area contributed by atoms with Gasteiger partial charge in [0, 0.05) is 11.4 Å². The summed E-state index contributed by atoms with van der Waals surface area (Å²) in [6, 6.07) is 7.68. The lowest BCUT2D eigenvalue weighted by molar-refractivity contribution is -0.136. The van der Waals surface area contributed by atoms with Crippen molar-refractivity contribution in [3.8, 4) is 0 Å². The first-order valence-corrected chi connectivity index (χ1v) is 6.46. The molecule has 0 unspecified atom stereocenters. The minimum absolute atomic E-state index is 0.0457. The highest BCUT2D eigenvalue weighted by Crippen LogP contribution is 2.19. The Kier molecular flexibility index (Phi) is 5.56. The molecule has 0 spiro atoms. The van der Waals surface area contributed by atoms with Gasteiger partial charge in [0.2, 0.25) is 5.91 Å². The maximum Gasteiger partial charge on any atom is 0.305 e. The van der Waals surface area contributed by atoms with Gasteiger partial charge in [-0.1, -0.05) is 18.2 Å². The van der Waals surface area contributed by atoms with Crippen LogP contribution in [-0.4, -0.2) is 29.8 Å². The molecule has 0 aliphatic rings. The summed E-state index contributed by atoms with van der Waals surface area (Å²) in [4.78, 5) is 22.9. The number of nitrogens with one attached hydrogen (secondary N) is 1. The molecule has 17 heavy (non-hydrogen) atoms. The smallest absolute Gasteiger partial charge is 0.305 e. The molecule has 2 N–H and O–H groups in total. The van der Waals surface area contributed by atoms with Gasteiger partial charge in [-0.3, -0.25) is 9.59 Å². The second-order valence-electron chi connectivity index (χ2n) is 3.48. The van der Waals surface area contributed by atoms with E-state index in [9.17, 15) is 9.59 Å². The number of rotatable bonds is 6. The van der Waals surface area contributed by atoms with Crippen molar-refractivity contribution in [1.82, 2.24) is 5.32 Å². The van der Waals surface area contributed by atoms with Gasteiger partial charge in [0.25, 0.3) is 0 Å². The number of carbonyl (C=O) groups is 2. The molecule has 1 aromatic rings. The van der Waals surface area contributed by atoms with Gasteiger partial charge in [0.05, 0.1) is 12.8 Å².